The first-order chi connectivity index (χ1) is 28.4. The van der Waals surface area contributed by atoms with Crippen molar-refractivity contribution < 1.29 is 19.4 Å². The molecule has 0 spiro atoms. The molecule has 0 aromatic carbocycles. The van der Waals surface area contributed by atoms with Crippen LogP contribution < -0.4 is 36.0 Å². The maximum atomic E-state index is 13.2. The number of carbonyl (C=O) groups is 2. The first-order valence-corrected chi connectivity index (χ1v) is 20.6. The number of likely N-dealkylation sites (N-methyl/N-ethyl adjacent to an activating group) is 1. The third-order valence-electron chi connectivity index (χ3n) is 11.5. The van der Waals surface area contributed by atoms with Crippen LogP contribution in [0.2, 0.25) is 5.02 Å². The predicted molar refractivity (Wildman–Crippen MR) is 224 cm³/mol. The van der Waals surface area contributed by atoms with Gasteiger partial charge in [-0.1, -0.05) is 11.6 Å². The Morgan fingerprint density at radius 3 is 2.49 bits per heavy atom. The van der Waals surface area contributed by atoms with E-state index in [0.717, 1.165) is 75.5 Å². The quantitative estimate of drug-likeness (QED) is 0.152. The van der Waals surface area contributed by atoms with Gasteiger partial charge in [0.1, 0.15) is 22.7 Å². The van der Waals surface area contributed by atoms with Crippen molar-refractivity contribution in [3.8, 4) is 5.75 Å². The molecule has 5 aromatic rings. The van der Waals surface area contributed by atoms with Gasteiger partial charge in [0, 0.05) is 76.7 Å². The van der Waals surface area contributed by atoms with E-state index in [1.165, 1.54) is 7.05 Å². The minimum atomic E-state index is -0.800. The number of piperidine rings is 2. The Labute approximate surface area is 345 Å². The Morgan fingerprint density at radius 1 is 0.983 bits per heavy atom. The standard InChI is InChI=1S/C40H50ClN13O5/c1-23(2)54-36-25(18-30(39(54)58)59-22-33(56)42-3)17-26(19-43-36)45-35-29(41)20-44-40(48-35)53-11-9-24(10-12-53)21-51-13-15-52(16-14-51)31-7-5-27-34(49-50(4)37(27)46-31)28-6-8-32(55)47-38(28)57/h5,7,17-20,23-24,28,32,55H,6,8-16,21-22H2,1-4H3,(H,42,56)(H,47,57)(H,44,45,48). The number of rotatable bonds is 11. The molecule has 2 unspecified atom stereocenters. The minimum Gasteiger partial charge on any atom is -0.478 e. The van der Waals surface area contributed by atoms with Gasteiger partial charge in [-0.15, -0.1) is 0 Å². The van der Waals surface area contributed by atoms with Crippen molar-refractivity contribution in [2.45, 2.75) is 57.7 Å². The van der Waals surface area contributed by atoms with Crippen LogP contribution in [0.25, 0.3) is 22.1 Å². The van der Waals surface area contributed by atoms with Crippen LogP contribution in [0, 0.1) is 5.92 Å². The number of halogens is 1. The van der Waals surface area contributed by atoms with E-state index >= 15 is 0 Å². The van der Waals surface area contributed by atoms with Gasteiger partial charge >= 0.3 is 0 Å². The molecular weight excluding hydrogens is 778 g/mol. The normalized spacial score (nSPS) is 19.4. The summed E-state index contributed by atoms with van der Waals surface area (Å²) in [6.45, 7) is 9.82. The number of pyridine rings is 3. The molecular formula is C40H50ClN13O5. The molecule has 0 bridgehead atoms. The molecule has 2 atom stereocenters. The average molecular weight is 828 g/mol. The molecule has 3 aliphatic rings. The molecule has 2 amide bonds. The highest BCUT2D eigenvalue weighted by Crippen LogP contribution is 2.33. The number of aliphatic hydroxyl groups excluding tert-OH is 1. The van der Waals surface area contributed by atoms with E-state index in [4.69, 9.17) is 26.3 Å². The second kappa shape index (κ2) is 16.9. The van der Waals surface area contributed by atoms with Crippen molar-refractivity contribution in [3.05, 3.63) is 57.7 Å². The van der Waals surface area contributed by atoms with Gasteiger partial charge in [0.15, 0.2) is 23.8 Å². The number of fused-ring (bicyclic) bond motifs is 2. The van der Waals surface area contributed by atoms with Gasteiger partial charge in [0.05, 0.1) is 29.7 Å². The van der Waals surface area contributed by atoms with Crippen LogP contribution in [0.4, 0.5) is 23.3 Å². The zero-order valence-corrected chi connectivity index (χ0v) is 34.4. The minimum absolute atomic E-state index is 0.0597. The number of aliphatic hydroxyl groups is 1. The molecule has 3 fully saturated rings. The number of nitrogens with one attached hydrogen (secondary N) is 3. The molecule has 19 heteroatoms. The predicted octanol–water partition coefficient (Wildman–Crippen LogP) is 2.92. The lowest BCUT2D eigenvalue weighted by molar-refractivity contribution is -0.128. The molecule has 3 saturated heterocycles. The van der Waals surface area contributed by atoms with Gasteiger partial charge in [-0.2, -0.15) is 10.1 Å². The van der Waals surface area contributed by atoms with Crippen LogP contribution in [-0.2, 0) is 16.6 Å². The molecule has 0 radical (unpaired) electrons. The number of nitrogens with zero attached hydrogens (tertiary/aromatic N) is 10. The number of hydrogen-bond donors (Lipinski definition) is 4. The summed E-state index contributed by atoms with van der Waals surface area (Å²) < 4.78 is 8.89. The molecule has 312 valence electrons. The van der Waals surface area contributed by atoms with Crippen molar-refractivity contribution in [1.82, 2.24) is 49.8 Å². The van der Waals surface area contributed by atoms with E-state index in [1.807, 2.05) is 39.1 Å². The zero-order valence-electron chi connectivity index (χ0n) is 33.7. The van der Waals surface area contributed by atoms with E-state index in [-0.39, 0.29) is 35.8 Å². The van der Waals surface area contributed by atoms with E-state index in [0.29, 0.717) is 58.0 Å². The van der Waals surface area contributed by atoms with Crippen LogP contribution in [0.5, 0.6) is 5.75 Å². The topological polar surface area (TPSA) is 201 Å². The van der Waals surface area contributed by atoms with Gasteiger partial charge in [-0.05, 0) is 69.7 Å². The lowest BCUT2D eigenvalue weighted by Gasteiger charge is -2.39. The Kier molecular flexibility index (Phi) is 11.5. The van der Waals surface area contributed by atoms with Gasteiger partial charge in [0.2, 0.25) is 11.9 Å². The highest BCUT2D eigenvalue weighted by atomic mass is 35.5. The number of aromatic nitrogens is 7. The fourth-order valence-electron chi connectivity index (χ4n) is 8.28. The fourth-order valence-corrected chi connectivity index (χ4v) is 8.41. The largest absolute Gasteiger partial charge is 0.478 e. The average Bonchev–Trinajstić information content (AvgIpc) is 3.56. The number of anilines is 4. The smallest absolute Gasteiger partial charge is 0.294 e. The third kappa shape index (κ3) is 8.47. The van der Waals surface area contributed by atoms with Crippen molar-refractivity contribution >= 4 is 68.8 Å². The summed E-state index contributed by atoms with van der Waals surface area (Å²) >= 11 is 6.59. The number of aryl methyl sites for hydroxylation is 1. The Bertz CT molecular complexity index is 2420. The van der Waals surface area contributed by atoms with Crippen molar-refractivity contribution in [2.24, 2.45) is 13.0 Å². The van der Waals surface area contributed by atoms with Crippen LogP contribution in [-0.4, -0.2) is 122 Å². The third-order valence-corrected chi connectivity index (χ3v) is 11.8. The summed E-state index contributed by atoms with van der Waals surface area (Å²) in [4.78, 5) is 63.6. The van der Waals surface area contributed by atoms with E-state index in [9.17, 15) is 19.5 Å². The summed E-state index contributed by atoms with van der Waals surface area (Å²) in [7, 11) is 3.37. The first-order valence-electron chi connectivity index (χ1n) is 20.2. The summed E-state index contributed by atoms with van der Waals surface area (Å²) in [6, 6.07) is 7.30. The van der Waals surface area contributed by atoms with Crippen molar-refractivity contribution in [3.63, 3.8) is 0 Å². The lowest BCUT2D eigenvalue weighted by Crippen LogP contribution is -2.49. The molecule has 59 heavy (non-hydrogen) atoms. The monoisotopic (exact) mass is 827 g/mol. The lowest BCUT2D eigenvalue weighted by atomic mass is 9.93. The SMILES string of the molecule is CNC(=O)COc1cc2cc(Nc3nc(N4CCC(CN5CCN(c6ccc7c(C8CCC(O)NC8=O)nn(C)c7n6)CC5)CC4)ncc3Cl)cnc2n(C(C)C)c1=O. The summed E-state index contributed by atoms with van der Waals surface area (Å²) in [5.41, 5.74) is 2.21. The summed E-state index contributed by atoms with van der Waals surface area (Å²) in [5.74, 6) is 1.63. The summed E-state index contributed by atoms with van der Waals surface area (Å²) in [6.07, 6.45) is 5.53. The fraction of sp³-hybridized carbons (Fsp3) is 0.500. The van der Waals surface area contributed by atoms with Crippen LogP contribution in [0.1, 0.15) is 57.2 Å². The van der Waals surface area contributed by atoms with Crippen LogP contribution in [0.3, 0.4) is 0 Å². The molecule has 0 saturated carbocycles. The molecule has 8 heterocycles. The molecule has 4 N–H and O–H groups in total. The van der Waals surface area contributed by atoms with Crippen molar-refractivity contribution in [2.75, 3.05) is 74.6 Å². The van der Waals surface area contributed by atoms with Gasteiger partial charge in [-0.3, -0.25) is 28.5 Å². The van der Waals surface area contributed by atoms with E-state index in [1.54, 1.807) is 27.7 Å². The van der Waals surface area contributed by atoms with Gasteiger partial charge < -0.3 is 35.6 Å². The Hall–Kier alpha value is -5.59. The first kappa shape index (κ1) is 40.2. The van der Waals surface area contributed by atoms with E-state index in [2.05, 4.69) is 45.7 Å². The Morgan fingerprint density at radius 2 is 1.76 bits per heavy atom. The van der Waals surface area contributed by atoms with Crippen LogP contribution >= 0.6 is 11.6 Å². The number of ether oxygens (including phenoxy) is 1. The van der Waals surface area contributed by atoms with E-state index < -0.39 is 12.1 Å². The zero-order chi connectivity index (χ0) is 41.4. The number of amides is 2. The maximum absolute atomic E-state index is 13.2. The molecule has 0 aliphatic carbocycles. The number of piperazine rings is 1. The second-order valence-corrected chi connectivity index (χ2v) is 16.2. The number of carbonyl (C=O) groups excluding carboxylic acids is 2. The molecule has 5 aromatic heterocycles. The van der Waals surface area contributed by atoms with Gasteiger partial charge in [0.25, 0.3) is 11.5 Å². The van der Waals surface area contributed by atoms with Crippen molar-refractivity contribution in [1.29, 1.82) is 0 Å². The second-order valence-electron chi connectivity index (χ2n) is 15.8. The number of hydrogen-bond acceptors (Lipinski definition) is 14. The highest BCUT2D eigenvalue weighted by Gasteiger charge is 2.32. The molecule has 18 nitrogen and oxygen atoms in total. The Balaban J connectivity index is 0.861. The van der Waals surface area contributed by atoms with Crippen LogP contribution in [0.15, 0.2) is 41.5 Å². The molecule has 3 aliphatic heterocycles. The maximum Gasteiger partial charge on any atom is 0.294 e. The molecule has 8 rings (SSSR count). The summed E-state index contributed by atoms with van der Waals surface area (Å²) in [5, 5.41) is 24.8. The highest BCUT2D eigenvalue weighted by molar-refractivity contribution is 6.32. The van der Waals surface area contributed by atoms with Gasteiger partial charge in [-0.25, -0.2) is 15.0 Å².